The highest BCUT2D eigenvalue weighted by molar-refractivity contribution is 5.91. The van der Waals surface area contributed by atoms with Gasteiger partial charge in [0.05, 0.1) is 30.4 Å². The Kier molecular flexibility index (Phi) is 4.06. The van der Waals surface area contributed by atoms with Gasteiger partial charge in [0.1, 0.15) is 0 Å². The maximum Gasteiger partial charge on any atom is 0.338 e. The average molecular weight is 214 g/mol. The lowest BCUT2D eigenvalue weighted by atomic mass is 10.0. The van der Waals surface area contributed by atoms with E-state index in [0.29, 0.717) is 29.5 Å². The van der Waals surface area contributed by atoms with Gasteiger partial charge >= 0.3 is 5.97 Å². The SMILES string of the molecule is COC(=O)c1ccc(C#N)cc1CCC#N. The predicted molar refractivity (Wildman–Crippen MR) is 56.4 cm³/mol. The number of rotatable bonds is 3. The van der Waals surface area contributed by atoms with Crippen molar-refractivity contribution >= 4 is 5.97 Å². The van der Waals surface area contributed by atoms with Gasteiger partial charge in [0, 0.05) is 6.42 Å². The first kappa shape index (κ1) is 11.7. The second-order valence-electron chi connectivity index (χ2n) is 3.13. The van der Waals surface area contributed by atoms with E-state index in [1.165, 1.54) is 7.11 Å². The minimum atomic E-state index is -0.447. The molecule has 0 aliphatic carbocycles. The van der Waals surface area contributed by atoms with Crippen LogP contribution in [-0.2, 0) is 11.2 Å². The van der Waals surface area contributed by atoms with Gasteiger partial charge in [-0.25, -0.2) is 4.79 Å². The summed E-state index contributed by atoms with van der Waals surface area (Å²) in [5.74, 6) is -0.447. The number of methoxy groups -OCH3 is 1. The molecule has 4 heteroatoms. The number of carbonyl (C=O) groups excluding carboxylic acids is 1. The summed E-state index contributed by atoms with van der Waals surface area (Å²) in [6, 6.07) is 8.72. The van der Waals surface area contributed by atoms with Crippen LogP contribution in [0.2, 0.25) is 0 Å². The maximum atomic E-state index is 11.4. The summed E-state index contributed by atoms with van der Waals surface area (Å²) in [5.41, 5.74) is 1.56. The van der Waals surface area contributed by atoms with Crippen molar-refractivity contribution in [1.82, 2.24) is 0 Å². The smallest absolute Gasteiger partial charge is 0.338 e. The Balaban J connectivity index is 3.13. The second-order valence-corrected chi connectivity index (χ2v) is 3.13. The number of esters is 1. The van der Waals surface area contributed by atoms with Gasteiger partial charge in [0.25, 0.3) is 0 Å². The number of hydrogen-bond donors (Lipinski definition) is 0. The van der Waals surface area contributed by atoms with E-state index in [9.17, 15) is 4.79 Å². The second kappa shape index (κ2) is 5.53. The third-order valence-electron chi connectivity index (χ3n) is 2.15. The molecule has 0 aliphatic rings. The van der Waals surface area contributed by atoms with Gasteiger partial charge in [-0.3, -0.25) is 0 Å². The van der Waals surface area contributed by atoms with Gasteiger partial charge in [-0.15, -0.1) is 0 Å². The summed E-state index contributed by atoms with van der Waals surface area (Å²) in [6.07, 6.45) is 0.745. The molecule has 0 amide bonds. The van der Waals surface area contributed by atoms with Crippen LogP contribution in [0.1, 0.15) is 27.9 Å². The fraction of sp³-hybridized carbons (Fsp3) is 0.250. The zero-order valence-corrected chi connectivity index (χ0v) is 8.86. The molecule has 0 aromatic heterocycles. The molecule has 0 bridgehead atoms. The van der Waals surface area contributed by atoms with Gasteiger partial charge in [-0.1, -0.05) is 0 Å². The number of aryl methyl sites for hydroxylation is 1. The normalized spacial score (nSPS) is 8.94. The van der Waals surface area contributed by atoms with Crippen molar-refractivity contribution in [3.63, 3.8) is 0 Å². The topological polar surface area (TPSA) is 73.9 Å². The summed E-state index contributed by atoms with van der Waals surface area (Å²) in [5, 5.41) is 17.3. The fourth-order valence-electron chi connectivity index (χ4n) is 1.37. The molecule has 80 valence electrons. The molecule has 16 heavy (non-hydrogen) atoms. The van der Waals surface area contributed by atoms with Gasteiger partial charge in [0.15, 0.2) is 0 Å². The lowest BCUT2D eigenvalue weighted by Crippen LogP contribution is -2.06. The van der Waals surface area contributed by atoms with Crippen LogP contribution in [0.4, 0.5) is 0 Å². The van der Waals surface area contributed by atoms with Crippen LogP contribution in [-0.4, -0.2) is 13.1 Å². The van der Waals surface area contributed by atoms with Crippen molar-refractivity contribution in [2.45, 2.75) is 12.8 Å². The molecule has 0 heterocycles. The van der Waals surface area contributed by atoms with E-state index >= 15 is 0 Å². The molecule has 0 radical (unpaired) electrons. The molecule has 0 saturated carbocycles. The van der Waals surface area contributed by atoms with E-state index in [1.54, 1.807) is 18.2 Å². The first-order valence-electron chi connectivity index (χ1n) is 4.71. The van der Waals surface area contributed by atoms with Crippen LogP contribution in [0.5, 0.6) is 0 Å². The third-order valence-corrected chi connectivity index (χ3v) is 2.15. The summed E-state index contributed by atoms with van der Waals surface area (Å²) in [6.45, 7) is 0. The van der Waals surface area contributed by atoms with Crippen LogP contribution in [0.3, 0.4) is 0 Å². The van der Waals surface area contributed by atoms with Gasteiger partial charge in [0.2, 0.25) is 0 Å². The summed E-state index contributed by atoms with van der Waals surface area (Å²) in [4.78, 5) is 11.4. The quantitative estimate of drug-likeness (QED) is 0.719. The minimum Gasteiger partial charge on any atom is -0.465 e. The minimum absolute atomic E-state index is 0.304. The Hall–Kier alpha value is -2.33. The van der Waals surface area contributed by atoms with E-state index in [0.717, 1.165) is 0 Å². The average Bonchev–Trinajstić information content (AvgIpc) is 2.34. The fourth-order valence-corrected chi connectivity index (χ4v) is 1.37. The van der Waals surface area contributed by atoms with Crippen molar-refractivity contribution in [2.75, 3.05) is 7.11 Å². The highest BCUT2D eigenvalue weighted by atomic mass is 16.5. The number of carbonyl (C=O) groups is 1. The number of hydrogen-bond acceptors (Lipinski definition) is 4. The lowest BCUT2D eigenvalue weighted by Gasteiger charge is -2.06. The van der Waals surface area contributed by atoms with Crippen molar-refractivity contribution in [2.24, 2.45) is 0 Å². The number of benzene rings is 1. The first-order chi connectivity index (χ1) is 7.72. The van der Waals surface area contributed by atoms with Crippen molar-refractivity contribution in [3.05, 3.63) is 34.9 Å². The molecule has 0 saturated heterocycles. The molecule has 0 fully saturated rings. The summed E-state index contributed by atoms with van der Waals surface area (Å²) in [7, 11) is 1.30. The van der Waals surface area contributed by atoms with Crippen LogP contribution < -0.4 is 0 Å². The van der Waals surface area contributed by atoms with Gasteiger partial charge in [-0.2, -0.15) is 10.5 Å². The molecule has 0 unspecified atom stereocenters. The maximum absolute atomic E-state index is 11.4. The standard InChI is InChI=1S/C12H10N2O2/c1-16-12(15)11-5-4-9(8-14)7-10(11)3-2-6-13/h4-5,7H,2-3H2,1H3. The number of nitrogens with zero attached hydrogens (tertiary/aromatic N) is 2. The molecule has 1 aromatic rings. The van der Waals surface area contributed by atoms with Crippen molar-refractivity contribution in [3.8, 4) is 12.1 Å². The molecule has 4 nitrogen and oxygen atoms in total. The van der Waals surface area contributed by atoms with Crippen molar-refractivity contribution in [1.29, 1.82) is 10.5 Å². The highest BCUT2D eigenvalue weighted by Crippen LogP contribution is 2.14. The molecule has 1 rings (SSSR count). The van der Waals surface area contributed by atoms with E-state index in [2.05, 4.69) is 4.74 Å². The van der Waals surface area contributed by atoms with E-state index in [-0.39, 0.29) is 0 Å². The molecule has 1 aromatic carbocycles. The largest absolute Gasteiger partial charge is 0.465 e. The van der Waals surface area contributed by atoms with Crippen LogP contribution in [0.25, 0.3) is 0 Å². The Morgan fingerprint density at radius 2 is 2.19 bits per heavy atom. The number of ether oxygens (including phenoxy) is 1. The van der Waals surface area contributed by atoms with Crippen LogP contribution >= 0.6 is 0 Å². The molecule has 0 N–H and O–H groups in total. The van der Waals surface area contributed by atoms with Gasteiger partial charge < -0.3 is 4.74 Å². The lowest BCUT2D eigenvalue weighted by molar-refractivity contribution is 0.0599. The Labute approximate surface area is 93.7 Å². The number of nitriles is 2. The monoisotopic (exact) mass is 214 g/mol. The molecular formula is C12H10N2O2. The predicted octanol–water partition coefficient (Wildman–Crippen LogP) is 1.80. The van der Waals surface area contributed by atoms with E-state index in [1.807, 2.05) is 12.1 Å². The Morgan fingerprint density at radius 3 is 2.75 bits per heavy atom. The van der Waals surface area contributed by atoms with E-state index < -0.39 is 5.97 Å². The Morgan fingerprint density at radius 1 is 1.44 bits per heavy atom. The Bertz CT molecular complexity index is 481. The molecule has 0 spiro atoms. The third kappa shape index (κ3) is 2.59. The summed E-state index contributed by atoms with van der Waals surface area (Å²) >= 11 is 0. The zero-order valence-electron chi connectivity index (χ0n) is 8.86. The molecular weight excluding hydrogens is 204 g/mol. The molecule has 0 atom stereocenters. The van der Waals surface area contributed by atoms with E-state index in [4.69, 9.17) is 10.5 Å². The van der Waals surface area contributed by atoms with Crippen LogP contribution in [0, 0.1) is 22.7 Å². The first-order valence-corrected chi connectivity index (χ1v) is 4.71. The highest BCUT2D eigenvalue weighted by Gasteiger charge is 2.11. The van der Waals surface area contributed by atoms with Crippen molar-refractivity contribution < 1.29 is 9.53 Å². The molecule has 0 aliphatic heterocycles. The van der Waals surface area contributed by atoms with Gasteiger partial charge in [-0.05, 0) is 30.2 Å². The summed E-state index contributed by atoms with van der Waals surface area (Å²) < 4.78 is 4.63. The zero-order chi connectivity index (χ0) is 12.0. The van der Waals surface area contributed by atoms with Crippen LogP contribution in [0.15, 0.2) is 18.2 Å².